The fourth-order valence-electron chi connectivity index (χ4n) is 9.38. The summed E-state index contributed by atoms with van der Waals surface area (Å²) in [5, 5.41) is 0. The SMILES string of the molecule is CCCCCCCCCCC(c1ccc(N)cc1)c1ccc(CCCCCCCCCCCCc2ccc(C(CCCCCCCCCC)c3ccc(N)cc3)cc2)cc1. The zero-order valence-electron chi connectivity index (χ0n) is 38.8. The van der Waals surface area contributed by atoms with Gasteiger partial charge in [0.15, 0.2) is 0 Å². The Hall–Kier alpha value is -3.52. The van der Waals surface area contributed by atoms with Crippen molar-refractivity contribution in [2.75, 3.05) is 11.5 Å². The van der Waals surface area contributed by atoms with Gasteiger partial charge in [-0.3, -0.25) is 0 Å². The minimum absolute atomic E-state index is 0.464. The van der Waals surface area contributed by atoms with Gasteiger partial charge < -0.3 is 11.5 Å². The quantitative estimate of drug-likeness (QED) is 0.0359. The van der Waals surface area contributed by atoms with E-state index in [4.69, 9.17) is 11.5 Å². The number of hydrogen-bond donors (Lipinski definition) is 2. The third kappa shape index (κ3) is 20.4. The van der Waals surface area contributed by atoms with Crippen molar-refractivity contribution in [2.45, 2.75) is 218 Å². The minimum atomic E-state index is 0.464. The second-order valence-corrected chi connectivity index (χ2v) is 18.5. The molecule has 2 nitrogen and oxygen atoms in total. The monoisotopic (exact) mass is 813 g/mol. The van der Waals surface area contributed by atoms with E-state index in [0.29, 0.717) is 11.8 Å². The standard InChI is InChI=1S/C58H88N2/c1-3-5-7-9-11-19-23-27-31-57(53-41-45-55(59)46-42-53)51-37-33-49(34-38-51)29-25-21-17-15-13-14-16-18-22-26-30-50-35-39-52(40-36-50)58(54-43-47-56(60)48-44-54)32-28-24-20-12-10-8-6-4-2/h33-48,57-58H,3-32,59-60H2,1-2H3. The Balaban J connectivity index is 1.05. The average Bonchev–Trinajstić information content (AvgIpc) is 3.27. The molecule has 0 aromatic heterocycles. The first-order chi connectivity index (χ1) is 29.6. The molecule has 2 unspecified atom stereocenters. The number of rotatable bonds is 35. The van der Waals surface area contributed by atoms with E-state index in [1.807, 2.05) is 0 Å². The highest BCUT2D eigenvalue weighted by Gasteiger charge is 2.16. The first-order valence-electron chi connectivity index (χ1n) is 25.5. The van der Waals surface area contributed by atoms with Gasteiger partial charge in [0.25, 0.3) is 0 Å². The molecule has 4 rings (SSSR count). The zero-order chi connectivity index (χ0) is 42.3. The summed E-state index contributed by atoms with van der Waals surface area (Å²) < 4.78 is 0. The summed E-state index contributed by atoms with van der Waals surface area (Å²) in [7, 11) is 0. The van der Waals surface area contributed by atoms with Crippen molar-refractivity contribution in [2.24, 2.45) is 0 Å². The molecule has 0 bridgehead atoms. The highest BCUT2D eigenvalue weighted by atomic mass is 14.5. The van der Waals surface area contributed by atoms with Crippen LogP contribution in [0.3, 0.4) is 0 Å². The summed E-state index contributed by atoms with van der Waals surface area (Å²) >= 11 is 0. The van der Waals surface area contributed by atoms with Crippen molar-refractivity contribution >= 4 is 11.4 Å². The second-order valence-electron chi connectivity index (χ2n) is 18.5. The molecular weight excluding hydrogens is 725 g/mol. The Morgan fingerprint density at radius 3 is 0.800 bits per heavy atom. The maximum absolute atomic E-state index is 6.05. The molecule has 0 radical (unpaired) electrons. The Kier molecular flexibility index (Phi) is 25.7. The number of nitrogens with two attached hydrogens (primary N) is 2. The van der Waals surface area contributed by atoms with E-state index >= 15 is 0 Å². The topological polar surface area (TPSA) is 52.0 Å². The summed E-state index contributed by atoms with van der Waals surface area (Å²) in [4.78, 5) is 0. The molecule has 330 valence electrons. The lowest BCUT2D eigenvalue weighted by atomic mass is 9.86. The molecule has 60 heavy (non-hydrogen) atoms. The predicted molar refractivity (Wildman–Crippen MR) is 266 cm³/mol. The van der Waals surface area contributed by atoms with Crippen molar-refractivity contribution in [3.8, 4) is 0 Å². The molecule has 4 aromatic rings. The van der Waals surface area contributed by atoms with Gasteiger partial charge in [0.05, 0.1) is 0 Å². The molecule has 0 aliphatic carbocycles. The lowest BCUT2D eigenvalue weighted by molar-refractivity contribution is 0.550. The summed E-state index contributed by atoms with van der Waals surface area (Å²) in [6, 6.07) is 36.5. The van der Waals surface area contributed by atoms with E-state index in [2.05, 4.69) is 111 Å². The van der Waals surface area contributed by atoms with Gasteiger partial charge in [0.2, 0.25) is 0 Å². The summed E-state index contributed by atoms with van der Waals surface area (Å²) in [5.74, 6) is 0.929. The van der Waals surface area contributed by atoms with Gasteiger partial charge in [-0.2, -0.15) is 0 Å². The maximum Gasteiger partial charge on any atom is 0.0314 e. The molecule has 0 heterocycles. The van der Waals surface area contributed by atoms with Gasteiger partial charge in [-0.25, -0.2) is 0 Å². The smallest absolute Gasteiger partial charge is 0.0314 e. The van der Waals surface area contributed by atoms with Crippen molar-refractivity contribution in [1.82, 2.24) is 0 Å². The van der Waals surface area contributed by atoms with Crippen LogP contribution < -0.4 is 11.5 Å². The Morgan fingerprint density at radius 2 is 0.517 bits per heavy atom. The molecule has 0 fully saturated rings. The normalized spacial score (nSPS) is 12.5. The Bertz CT molecular complexity index is 1460. The summed E-state index contributed by atoms with van der Waals surface area (Å²) in [6.07, 6.45) is 40.4. The average molecular weight is 813 g/mol. The Morgan fingerprint density at radius 1 is 0.283 bits per heavy atom. The van der Waals surface area contributed by atoms with E-state index in [9.17, 15) is 0 Å². The molecule has 0 amide bonds. The molecule has 2 atom stereocenters. The van der Waals surface area contributed by atoms with Crippen LogP contribution in [0.4, 0.5) is 11.4 Å². The van der Waals surface area contributed by atoms with Crippen molar-refractivity contribution in [3.05, 3.63) is 130 Å². The van der Waals surface area contributed by atoms with E-state index in [1.165, 1.54) is 226 Å². The van der Waals surface area contributed by atoms with Crippen LogP contribution in [0, 0.1) is 0 Å². The van der Waals surface area contributed by atoms with Gasteiger partial charge in [-0.1, -0.05) is 241 Å². The van der Waals surface area contributed by atoms with Gasteiger partial charge in [-0.05, 0) is 96.2 Å². The van der Waals surface area contributed by atoms with E-state index in [-0.39, 0.29) is 0 Å². The zero-order valence-corrected chi connectivity index (χ0v) is 38.8. The van der Waals surface area contributed by atoms with E-state index in [0.717, 1.165) is 11.4 Å². The van der Waals surface area contributed by atoms with Gasteiger partial charge >= 0.3 is 0 Å². The molecule has 0 saturated carbocycles. The summed E-state index contributed by atoms with van der Waals surface area (Å²) in [5.41, 5.74) is 22.5. The molecule has 2 heteroatoms. The van der Waals surface area contributed by atoms with Gasteiger partial charge in [-0.15, -0.1) is 0 Å². The highest BCUT2D eigenvalue weighted by molar-refractivity contribution is 5.44. The minimum Gasteiger partial charge on any atom is -0.399 e. The molecule has 4 aromatic carbocycles. The van der Waals surface area contributed by atoms with Crippen molar-refractivity contribution in [3.63, 3.8) is 0 Å². The van der Waals surface area contributed by atoms with Crippen LogP contribution in [0.25, 0.3) is 0 Å². The van der Waals surface area contributed by atoms with Crippen LogP contribution >= 0.6 is 0 Å². The van der Waals surface area contributed by atoms with Crippen molar-refractivity contribution < 1.29 is 0 Å². The van der Waals surface area contributed by atoms with Gasteiger partial charge in [0, 0.05) is 23.2 Å². The first kappa shape index (κ1) is 49.1. The highest BCUT2D eigenvalue weighted by Crippen LogP contribution is 2.33. The molecule has 0 spiro atoms. The van der Waals surface area contributed by atoms with E-state index < -0.39 is 0 Å². The van der Waals surface area contributed by atoms with Crippen LogP contribution in [-0.4, -0.2) is 0 Å². The molecular formula is C58H88N2. The number of hydrogen-bond acceptors (Lipinski definition) is 2. The van der Waals surface area contributed by atoms with Crippen LogP contribution in [0.5, 0.6) is 0 Å². The first-order valence-corrected chi connectivity index (χ1v) is 25.5. The molecule has 0 saturated heterocycles. The number of anilines is 2. The van der Waals surface area contributed by atoms with Crippen LogP contribution in [0.1, 0.15) is 239 Å². The predicted octanol–water partition coefficient (Wildman–Crippen LogP) is 17.9. The number of nitrogen functional groups attached to an aromatic ring is 2. The fourth-order valence-corrected chi connectivity index (χ4v) is 9.38. The van der Waals surface area contributed by atoms with Crippen LogP contribution in [-0.2, 0) is 12.8 Å². The van der Waals surface area contributed by atoms with Crippen molar-refractivity contribution in [1.29, 1.82) is 0 Å². The third-order valence-corrected chi connectivity index (χ3v) is 13.3. The van der Waals surface area contributed by atoms with E-state index in [1.54, 1.807) is 0 Å². The number of unbranched alkanes of at least 4 members (excludes halogenated alkanes) is 23. The van der Waals surface area contributed by atoms with Crippen LogP contribution in [0.2, 0.25) is 0 Å². The lowest BCUT2D eigenvalue weighted by Crippen LogP contribution is -2.02. The third-order valence-electron chi connectivity index (χ3n) is 13.3. The fraction of sp³-hybridized carbons (Fsp3) is 0.586. The number of aryl methyl sites for hydroxylation is 2. The Labute approximate surface area is 370 Å². The van der Waals surface area contributed by atoms with Gasteiger partial charge in [0.1, 0.15) is 0 Å². The molecule has 4 N–H and O–H groups in total. The lowest BCUT2D eigenvalue weighted by Gasteiger charge is -2.19. The summed E-state index contributed by atoms with van der Waals surface area (Å²) in [6.45, 7) is 4.60. The second kappa shape index (κ2) is 31.3. The molecule has 0 aliphatic rings. The van der Waals surface area contributed by atoms with Crippen LogP contribution in [0.15, 0.2) is 97.1 Å². The largest absolute Gasteiger partial charge is 0.399 e. The number of benzene rings is 4. The maximum atomic E-state index is 6.05. The molecule has 0 aliphatic heterocycles.